The highest BCUT2D eigenvalue weighted by Crippen LogP contribution is 2.47. The fourth-order valence-corrected chi connectivity index (χ4v) is 4.61. The summed E-state index contributed by atoms with van der Waals surface area (Å²) in [7, 11) is 0. The molecule has 1 aromatic carbocycles. The minimum atomic E-state index is 0.0538. The van der Waals surface area contributed by atoms with Crippen LogP contribution in [0.15, 0.2) is 24.3 Å². The number of likely N-dealkylation sites (tertiary alicyclic amines) is 1. The third-order valence-corrected chi connectivity index (χ3v) is 5.89. The van der Waals surface area contributed by atoms with Crippen molar-refractivity contribution in [3.8, 4) is 0 Å². The molecule has 4 atom stereocenters. The lowest BCUT2D eigenvalue weighted by Crippen LogP contribution is -2.39. The van der Waals surface area contributed by atoms with Crippen molar-refractivity contribution in [3.05, 3.63) is 35.4 Å². The lowest BCUT2D eigenvalue weighted by atomic mass is 9.82. The van der Waals surface area contributed by atoms with Crippen LogP contribution >= 0.6 is 0 Å². The van der Waals surface area contributed by atoms with Crippen LogP contribution in [0, 0.1) is 11.8 Å². The van der Waals surface area contributed by atoms with E-state index in [1.54, 1.807) is 0 Å². The van der Waals surface area contributed by atoms with E-state index in [4.69, 9.17) is 9.47 Å². The van der Waals surface area contributed by atoms with Crippen LogP contribution in [0.4, 0.5) is 4.79 Å². The van der Waals surface area contributed by atoms with Gasteiger partial charge in [0.2, 0.25) is 0 Å². The van der Waals surface area contributed by atoms with E-state index >= 15 is 0 Å². The number of carbonyl (C=O) groups excluding carboxylic acids is 1. The summed E-state index contributed by atoms with van der Waals surface area (Å²) in [5.41, 5.74) is 2.29. The Hall–Kier alpha value is -1.59. The van der Waals surface area contributed by atoms with Crippen LogP contribution < -0.4 is 5.32 Å². The molecule has 3 heterocycles. The van der Waals surface area contributed by atoms with E-state index < -0.39 is 0 Å². The number of amides is 2. The van der Waals surface area contributed by atoms with Gasteiger partial charge in [-0.15, -0.1) is 0 Å². The molecule has 2 bridgehead atoms. The van der Waals surface area contributed by atoms with Crippen LogP contribution in [0.5, 0.6) is 0 Å². The predicted molar refractivity (Wildman–Crippen MR) is 95.1 cm³/mol. The molecule has 1 aromatic rings. The summed E-state index contributed by atoms with van der Waals surface area (Å²) in [6.45, 7) is 5.72. The molecule has 0 unspecified atom stereocenters. The van der Waals surface area contributed by atoms with Crippen molar-refractivity contribution in [1.29, 1.82) is 0 Å². The Morgan fingerprint density at radius 3 is 2.56 bits per heavy atom. The zero-order valence-corrected chi connectivity index (χ0v) is 14.9. The van der Waals surface area contributed by atoms with Gasteiger partial charge in [-0.05, 0) is 30.4 Å². The van der Waals surface area contributed by atoms with Crippen molar-refractivity contribution in [2.45, 2.75) is 51.5 Å². The molecule has 4 rings (SSSR count). The van der Waals surface area contributed by atoms with E-state index in [0.717, 1.165) is 37.2 Å². The van der Waals surface area contributed by atoms with E-state index in [9.17, 15) is 4.79 Å². The molecule has 0 spiro atoms. The summed E-state index contributed by atoms with van der Waals surface area (Å²) >= 11 is 0. The smallest absolute Gasteiger partial charge is 0.317 e. The van der Waals surface area contributed by atoms with Gasteiger partial charge in [-0.3, -0.25) is 0 Å². The average Bonchev–Trinajstić information content (AvgIpc) is 3.33. The van der Waals surface area contributed by atoms with Gasteiger partial charge in [-0.2, -0.15) is 0 Å². The first kappa shape index (κ1) is 16.9. The molecule has 1 N–H and O–H groups in total. The molecule has 3 fully saturated rings. The van der Waals surface area contributed by atoms with Crippen molar-refractivity contribution < 1.29 is 14.3 Å². The topological polar surface area (TPSA) is 50.8 Å². The van der Waals surface area contributed by atoms with E-state index in [1.165, 1.54) is 12.8 Å². The monoisotopic (exact) mass is 344 g/mol. The molecule has 3 aliphatic rings. The quantitative estimate of drug-likeness (QED) is 0.807. The summed E-state index contributed by atoms with van der Waals surface area (Å²) in [5.74, 6) is 1.11. The average molecular weight is 344 g/mol. The second kappa shape index (κ2) is 7.34. The van der Waals surface area contributed by atoms with Gasteiger partial charge >= 0.3 is 6.03 Å². The number of nitrogens with zero attached hydrogens (tertiary/aromatic N) is 1. The van der Waals surface area contributed by atoms with Crippen molar-refractivity contribution in [1.82, 2.24) is 10.2 Å². The highest BCUT2D eigenvalue weighted by atomic mass is 16.5. The molecule has 0 radical (unpaired) electrons. The summed E-state index contributed by atoms with van der Waals surface area (Å²) < 4.78 is 11.6. The standard InChI is InChI=1S/C20H28N2O3/c1-2-9-24-13-15-6-4-3-5-14(15)10-21-20(23)22-11-16-17(12-22)19-8-7-18(16)25-19/h3-6,16-19H,2,7-13H2,1H3,(H,21,23)/t16-,17-,18+,19+/m0/s1. The molecular weight excluding hydrogens is 316 g/mol. The number of fused-ring (bicyclic) bond motifs is 5. The fourth-order valence-electron chi connectivity index (χ4n) is 4.61. The number of ether oxygens (including phenoxy) is 2. The molecule has 5 heteroatoms. The highest BCUT2D eigenvalue weighted by molar-refractivity contribution is 5.74. The van der Waals surface area contributed by atoms with Crippen LogP contribution in [0.25, 0.3) is 0 Å². The van der Waals surface area contributed by atoms with Crippen molar-refractivity contribution in [3.63, 3.8) is 0 Å². The zero-order valence-electron chi connectivity index (χ0n) is 14.9. The van der Waals surface area contributed by atoms with Crippen molar-refractivity contribution in [2.24, 2.45) is 11.8 Å². The summed E-state index contributed by atoms with van der Waals surface area (Å²) in [6, 6.07) is 8.23. The maximum absolute atomic E-state index is 12.6. The minimum Gasteiger partial charge on any atom is -0.377 e. The Bertz CT molecular complexity index is 603. The van der Waals surface area contributed by atoms with Gasteiger partial charge in [0.05, 0.1) is 18.8 Å². The summed E-state index contributed by atoms with van der Waals surface area (Å²) in [4.78, 5) is 14.6. The molecule has 0 aliphatic carbocycles. The Kier molecular flexibility index (Phi) is 4.95. The first-order valence-electron chi connectivity index (χ1n) is 9.59. The minimum absolute atomic E-state index is 0.0538. The van der Waals surface area contributed by atoms with Crippen molar-refractivity contribution in [2.75, 3.05) is 19.7 Å². The predicted octanol–water partition coefficient (Wildman–Crippen LogP) is 2.93. The Labute approximate surface area is 149 Å². The third-order valence-electron chi connectivity index (χ3n) is 5.89. The molecule has 5 nitrogen and oxygen atoms in total. The largest absolute Gasteiger partial charge is 0.377 e. The molecule has 3 saturated heterocycles. The Morgan fingerprint density at radius 1 is 1.20 bits per heavy atom. The SMILES string of the molecule is CCCOCc1ccccc1CNC(=O)N1C[C@H]2[C@H](C1)[C@H]1CC[C@H]2O1. The molecule has 0 aromatic heterocycles. The maximum Gasteiger partial charge on any atom is 0.317 e. The number of hydrogen-bond donors (Lipinski definition) is 1. The molecule has 25 heavy (non-hydrogen) atoms. The van der Waals surface area contributed by atoms with Gasteiger partial charge in [0.1, 0.15) is 0 Å². The molecule has 0 saturated carbocycles. The molecule has 136 valence electrons. The first-order chi connectivity index (χ1) is 12.3. The van der Waals surface area contributed by atoms with Gasteiger partial charge in [-0.1, -0.05) is 31.2 Å². The van der Waals surface area contributed by atoms with E-state index in [1.807, 2.05) is 17.0 Å². The Morgan fingerprint density at radius 2 is 1.88 bits per heavy atom. The van der Waals surface area contributed by atoms with E-state index in [0.29, 0.717) is 37.2 Å². The number of nitrogens with one attached hydrogen (secondary N) is 1. The van der Waals surface area contributed by atoms with Crippen LogP contribution in [0.2, 0.25) is 0 Å². The second-order valence-electron chi connectivity index (χ2n) is 7.50. The van der Waals surface area contributed by atoms with E-state index in [-0.39, 0.29) is 6.03 Å². The van der Waals surface area contributed by atoms with Gasteiger partial charge in [0.15, 0.2) is 0 Å². The normalized spacial score (nSPS) is 29.9. The van der Waals surface area contributed by atoms with Gasteiger partial charge in [0.25, 0.3) is 0 Å². The first-order valence-corrected chi connectivity index (χ1v) is 9.59. The van der Waals surface area contributed by atoms with E-state index in [2.05, 4.69) is 24.4 Å². The number of urea groups is 1. The number of hydrogen-bond acceptors (Lipinski definition) is 3. The molecule has 2 amide bonds. The van der Waals surface area contributed by atoms with Crippen LogP contribution in [0.3, 0.4) is 0 Å². The number of benzene rings is 1. The molecular formula is C20H28N2O3. The lowest BCUT2D eigenvalue weighted by Gasteiger charge is -2.20. The van der Waals surface area contributed by atoms with Crippen LogP contribution in [0.1, 0.15) is 37.3 Å². The van der Waals surface area contributed by atoms with Crippen LogP contribution in [-0.4, -0.2) is 42.8 Å². The summed E-state index contributed by atoms with van der Waals surface area (Å²) in [5, 5.41) is 3.10. The van der Waals surface area contributed by atoms with Crippen LogP contribution in [-0.2, 0) is 22.6 Å². The van der Waals surface area contributed by atoms with Gasteiger partial charge < -0.3 is 19.7 Å². The van der Waals surface area contributed by atoms with Crippen molar-refractivity contribution >= 4 is 6.03 Å². The summed E-state index contributed by atoms with van der Waals surface area (Å²) in [6.07, 6.45) is 4.15. The highest BCUT2D eigenvalue weighted by Gasteiger charge is 2.53. The maximum atomic E-state index is 12.6. The van der Waals surface area contributed by atoms with Gasteiger partial charge in [0, 0.05) is 38.1 Å². The third kappa shape index (κ3) is 3.40. The Balaban J connectivity index is 1.31. The zero-order chi connectivity index (χ0) is 17.2. The fraction of sp³-hybridized carbons (Fsp3) is 0.650. The molecule has 3 aliphatic heterocycles. The second-order valence-corrected chi connectivity index (χ2v) is 7.50. The number of carbonyl (C=O) groups is 1. The lowest BCUT2D eigenvalue weighted by molar-refractivity contribution is 0.0739. The van der Waals surface area contributed by atoms with Gasteiger partial charge in [-0.25, -0.2) is 4.79 Å². The number of rotatable bonds is 6.